The fourth-order valence-electron chi connectivity index (χ4n) is 0.983. The first-order valence-electron chi connectivity index (χ1n) is 3.08. The minimum absolute atomic E-state index is 0.363. The summed E-state index contributed by atoms with van der Waals surface area (Å²) in [4.78, 5) is 0. The molecule has 5 nitrogen and oxygen atoms in total. The number of rotatable bonds is 0. The van der Waals surface area contributed by atoms with Crippen LogP contribution in [0.3, 0.4) is 0 Å². The Morgan fingerprint density at radius 1 is 0.800 bits per heavy atom. The molecule has 0 aromatic heterocycles. The Kier molecular flexibility index (Phi) is 1.36. The molecular weight excluding hydrogens is 203 g/mol. The van der Waals surface area contributed by atoms with Gasteiger partial charge in [-0.1, -0.05) is 0 Å². The van der Waals surface area contributed by atoms with Crippen molar-refractivity contribution in [2.24, 2.45) is 0 Å². The molecule has 2 heterocycles. The van der Waals surface area contributed by atoms with Gasteiger partial charge in [0.05, 0.1) is 0 Å². The van der Waals surface area contributed by atoms with Gasteiger partial charge in [0.25, 0.3) is 0 Å². The predicted molar refractivity (Wildman–Crippen MR) is 31.8 cm³/mol. The van der Waals surface area contributed by atoms with Crippen LogP contribution < -0.4 is 0 Å². The zero-order valence-corrected chi connectivity index (χ0v) is 7.23. The average molecular weight is 212 g/mol. The van der Waals surface area contributed by atoms with Crippen LogP contribution in [0.1, 0.15) is 0 Å². The Hall–Kier alpha value is 0.358. The molecule has 0 amide bonds. The van der Waals surface area contributed by atoms with Crippen LogP contribution in [-0.4, -0.2) is 44.7 Å². The second kappa shape index (κ2) is 1.94. The molecule has 0 bridgehead atoms. The number of hydrogen-bond donors (Lipinski definition) is 1. The minimum atomic E-state index is -4.45. The first kappa shape index (κ1) is 7.03. The first-order chi connectivity index (χ1) is 4.71. The summed E-state index contributed by atoms with van der Waals surface area (Å²) in [5.74, 6) is 0. The fourth-order valence-corrected chi connectivity index (χ4v) is 5.11. The van der Waals surface area contributed by atoms with E-state index in [1.807, 2.05) is 0 Å². The van der Waals surface area contributed by atoms with Gasteiger partial charge in [-0.25, -0.2) is 0 Å². The van der Waals surface area contributed by atoms with Gasteiger partial charge in [0.2, 0.25) is 0 Å². The normalized spacial score (nSPS) is 39.5. The van der Waals surface area contributed by atoms with Crippen molar-refractivity contribution < 1.29 is 19.0 Å². The molecule has 0 saturated carbocycles. The third-order valence-electron chi connectivity index (χ3n) is 1.40. The SMILES string of the molecule is O[As]12(OCCO1)OCCO2. The third-order valence-corrected chi connectivity index (χ3v) is 6.55. The van der Waals surface area contributed by atoms with E-state index in [1.165, 1.54) is 0 Å². The van der Waals surface area contributed by atoms with Gasteiger partial charge in [0.15, 0.2) is 0 Å². The first-order valence-corrected chi connectivity index (χ1v) is 6.99. The van der Waals surface area contributed by atoms with E-state index in [0.717, 1.165) is 0 Å². The van der Waals surface area contributed by atoms with E-state index in [1.54, 1.807) is 0 Å². The van der Waals surface area contributed by atoms with Crippen LogP contribution in [0.4, 0.5) is 0 Å². The quantitative estimate of drug-likeness (QED) is 0.519. The second-order valence-corrected chi connectivity index (χ2v) is 7.52. The molecule has 6 heteroatoms. The maximum absolute atomic E-state index is 9.62. The van der Waals surface area contributed by atoms with Crippen molar-refractivity contribution in [3.63, 3.8) is 0 Å². The van der Waals surface area contributed by atoms with E-state index >= 15 is 0 Å². The average Bonchev–Trinajstić information content (AvgIpc) is 2.44. The van der Waals surface area contributed by atoms with Crippen molar-refractivity contribution in [2.45, 2.75) is 0 Å². The Labute approximate surface area is 60.2 Å². The van der Waals surface area contributed by atoms with E-state index in [9.17, 15) is 4.10 Å². The van der Waals surface area contributed by atoms with Gasteiger partial charge in [-0.05, 0) is 0 Å². The molecule has 0 unspecified atom stereocenters. The summed E-state index contributed by atoms with van der Waals surface area (Å²) in [5, 5.41) is 0. The van der Waals surface area contributed by atoms with Gasteiger partial charge < -0.3 is 0 Å². The zero-order chi connectivity index (χ0) is 7.10. The molecule has 1 N–H and O–H groups in total. The molecule has 2 fully saturated rings. The van der Waals surface area contributed by atoms with Crippen molar-refractivity contribution in [1.29, 1.82) is 0 Å². The van der Waals surface area contributed by atoms with Crippen molar-refractivity contribution >= 4 is 14.2 Å². The second-order valence-electron chi connectivity index (χ2n) is 2.11. The van der Waals surface area contributed by atoms with E-state index in [4.69, 9.17) is 14.9 Å². The Morgan fingerprint density at radius 3 is 1.40 bits per heavy atom. The molecule has 0 aliphatic carbocycles. The maximum atomic E-state index is 9.62. The van der Waals surface area contributed by atoms with Crippen LogP contribution in [0, 0.1) is 0 Å². The Balaban J connectivity index is 2.22. The van der Waals surface area contributed by atoms with E-state index < -0.39 is 14.2 Å². The van der Waals surface area contributed by atoms with Crippen LogP contribution >= 0.6 is 0 Å². The summed E-state index contributed by atoms with van der Waals surface area (Å²) in [6.45, 7) is 1.45. The van der Waals surface area contributed by atoms with Crippen molar-refractivity contribution in [3.05, 3.63) is 0 Å². The summed E-state index contributed by atoms with van der Waals surface area (Å²) in [5.41, 5.74) is 0. The van der Waals surface area contributed by atoms with Gasteiger partial charge >= 0.3 is 59.6 Å². The van der Waals surface area contributed by atoms with Crippen molar-refractivity contribution in [3.8, 4) is 0 Å². The molecule has 0 aromatic rings. The molecular formula is C4H9AsO5. The fraction of sp³-hybridized carbons (Fsp3) is 1.00. The molecule has 60 valence electrons. The molecule has 0 radical (unpaired) electrons. The molecule has 2 saturated heterocycles. The van der Waals surface area contributed by atoms with Crippen LogP contribution in [-0.2, 0) is 14.9 Å². The van der Waals surface area contributed by atoms with E-state index in [0.29, 0.717) is 26.4 Å². The molecule has 0 aromatic carbocycles. The third kappa shape index (κ3) is 0.905. The van der Waals surface area contributed by atoms with Gasteiger partial charge in [-0.3, -0.25) is 0 Å². The Morgan fingerprint density at radius 2 is 1.10 bits per heavy atom. The van der Waals surface area contributed by atoms with Gasteiger partial charge in [0, 0.05) is 0 Å². The molecule has 10 heavy (non-hydrogen) atoms. The zero-order valence-electron chi connectivity index (χ0n) is 5.36. The monoisotopic (exact) mass is 212 g/mol. The van der Waals surface area contributed by atoms with E-state index in [2.05, 4.69) is 0 Å². The molecule has 2 aliphatic rings. The standard InChI is InChI=1S/C4H9AsO5/c6-5(7-1-2-8-5)9-3-4-10-5/h6H,1-4H2. The van der Waals surface area contributed by atoms with Crippen LogP contribution in [0.25, 0.3) is 0 Å². The van der Waals surface area contributed by atoms with Crippen LogP contribution in [0.2, 0.25) is 0 Å². The van der Waals surface area contributed by atoms with Crippen molar-refractivity contribution in [2.75, 3.05) is 26.4 Å². The summed E-state index contributed by atoms with van der Waals surface area (Å²) < 4.78 is 29.5. The summed E-state index contributed by atoms with van der Waals surface area (Å²) in [7, 11) is 0. The topological polar surface area (TPSA) is 57.2 Å². The summed E-state index contributed by atoms with van der Waals surface area (Å²) in [6.07, 6.45) is 0. The molecule has 1 spiro atoms. The van der Waals surface area contributed by atoms with Gasteiger partial charge in [-0.2, -0.15) is 0 Å². The van der Waals surface area contributed by atoms with E-state index in [-0.39, 0.29) is 0 Å². The van der Waals surface area contributed by atoms with Crippen molar-refractivity contribution in [1.82, 2.24) is 0 Å². The van der Waals surface area contributed by atoms with Crippen LogP contribution in [0.15, 0.2) is 0 Å². The molecule has 2 rings (SSSR count). The molecule has 0 atom stereocenters. The van der Waals surface area contributed by atoms with Gasteiger partial charge in [-0.15, -0.1) is 0 Å². The predicted octanol–water partition coefficient (Wildman–Crippen LogP) is -1.04. The molecule has 2 aliphatic heterocycles. The van der Waals surface area contributed by atoms with Crippen LogP contribution in [0.5, 0.6) is 0 Å². The Bertz CT molecular complexity index is 124. The summed E-state index contributed by atoms with van der Waals surface area (Å²) >= 11 is -4.45. The number of hydrogen-bond acceptors (Lipinski definition) is 5. The van der Waals surface area contributed by atoms with Gasteiger partial charge in [0.1, 0.15) is 0 Å². The summed E-state index contributed by atoms with van der Waals surface area (Å²) in [6, 6.07) is 0.